The molecule has 62 heavy (non-hydrogen) atoms. The van der Waals surface area contributed by atoms with E-state index in [0.717, 1.165) is 67.8 Å². The summed E-state index contributed by atoms with van der Waals surface area (Å²) in [5.74, 6) is 3.18. The standard InChI is InChI=1S/C55H39N5OSi/c1-58-48-29-14-12-27-46(48)57-55(58)38-18-17-21-40(36-38)61-41-31-33-50-49(37-41)60(52-30-15-16-35-56-52)54-51(62(50,42-22-7-3-8-23-42)43-24-9-4-10-25-43)34-32-45-44-26-11-13-28-47(44)59(53(45)54)39-19-5-2-6-20-39/h2-37H,1H3. The van der Waals surface area contributed by atoms with Crippen molar-refractivity contribution < 1.29 is 4.74 Å². The Hall–Kier alpha value is -8.00. The zero-order valence-electron chi connectivity index (χ0n) is 33.9. The first-order valence-corrected chi connectivity index (χ1v) is 23.0. The molecule has 0 aliphatic carbocycles. The van der Waals surface area contributed by atoms with Gasteiger partial charge in [0, 0.05) is 41.3 Å². The maximum absolute atomic E-state index is 6.93. The Bertz CT molecular complexity index is 3420. The van der Waals surface area contributed by atoms with Gasteiger partial charge in [0.25, 0.3) is 0 Å². The molecule has 0 atom stereocenters. The van der Waals surface area contributed by atoms with Gasteiger partial charge in [-0.05, 0) is 81.4 Å². The number of hydrogen-bond acceptors (Lipinski definition) is 4. The van der Waals surface area contributed by atoms with Crippen LogP contribution in [0.1, 0.15) is 0 Å². The molecule has 8 aromatic carbocycles. The van der Waals surface area contributed by atoms with Gasteiger partial charge in [-0.15, -0.1) is 0 Å². The number of para-hydroxylation sites is 4. The largest absolute Gasteiger partial charge is 0.457 e. The van der Waals surface area contributed by atoms with Crippen LogP contribution < -0.4 is 30.4 Å². The van der Waals surface area contributed by atoms with Crippen LogP contribution in [0.3, 0.4) is 0 Å². The number of fused-ring (bicyclic) bond motifs is 7. The van der Waals surface area contributed by atoms with Crippen molar-refractivity contribution in [3.8, 4) is 28.6 Å². The molecule has 1 aliphatic rings. The van der Waals surface area contributed by atoms with Gasteiger partial charge in [-0.2, -0.15) is 0 Å². The Labute approximate surface area is 360 Å². The molecule has 0 spiro atoms. The average Bonchev–Trinajstić information content (AvgIpc) is 3.86. The van der Waals surface area contributed by atoms with Gasteiger partial charge in [-0.3, -0.25) is 4.90 Å². The molecule has 0 bridgehead atoms. The molecule has 0 saturated heterocycles. The maximum Gasteiger partial charge on any atom is 0.184 e. The second-order valence-electron chi connectivity index (χ2n) is 15.8. The number of aromatic nitrogens is 4. The van der Waals surface area contributed by atoms with Crippen molar-refractivity contribution >= 4 is 78.9 Å². The predicted molar refractivity (Wildman–Crippen MR) is 257 cm³/mol. The molecule has 0 saturated carbocycles. The van der Waals surface area contributed by atoms with E-state index in [9.17, 15) is 0 Å². The third kappa shape index (κ3) is 5.42. The molecule has 294 valence electrons. The topological polar surface area (TPSA) is 48.1 Å². The summed E-state index contributed by atoms with van der Waals surface area (Å²) in [5, 5.41) is 7.55. The lowest BCUT2D eigenvalue weighted by Crippen LogP contribution is -2.77. The van der Waals surface area contributed by atoms with E-state index in [2.05, 4.69) is 209 Å². The Morgan fingerprint density at radius 1 is 0.516 bits per heavy atom. The molecule has 3 aromatic heterocycles. The average molecular weight is 814 g/mol. The van der Waals surface area contributed by atoms with Crippen LogP contribution in [0.5, 0.6) is 11.5 Å². The van der Waals surface area contributed by atoms with Crippen LogP contribution in [-0.2, 0) is 7.05 Å². The minimum absolute atomic E-state index is 0.732. The molecule has 0 fully saturated rings. The third-order valence-corrected chi connectivity index (χ3v) is 17.3. The quantitative estimate of drug-likeness (QED) is 0.150. The smallest absolute Gasteiger partial charge is 0.184 e. The Kier molecular flexibility index (Phi) is 8.30. The Morgan fingerprint density at radius 3 is 1.92 bits per heavy atom. The van der Waals surface area contributed by atoms with E-state index in [-0.39, 0.29) is 0 Å². The monoisotopic (exact) mass is 813 g/mol. The summed E-state index contributed by atoms with van der Waals surface area (Å²) >= 11 is 0. The summed E-state index contributed by atoms with van der Waals surface area (Å²) in [4.78, 5) is 12.5. The molecule has 6 nitrogen and oxygen atoms in total. The molecule has 1 aliphatic heterocycles. The number of rotatable bonds is 7. The SMILES string of the molecule is Cn1c(-c2cccc(Oc3ccc4c(c3)N(c3ccccn3)c3c(ccc5c6ccccc6n(-c6ccccc6)c35)[Si]4(c3ccccc3)c3ccccc3)c2)nc2ccccc21. The van der Waals surface area contributed by atoms with Crippen LogP contribution in [0.2, 0.25) is 0 Å². The molecular formula is C55H39N5OSi. The van der Waals surface area contributed by atoms with Crippen molar-refractivity contribution in [1.29, 1.82) is 0 Å². The summed E-state index contributed by atoms with van der Waals surface area (Å²) in [5.41, 5.74) is 8.58. The van der Waals surface area contributed by atoms with E-state index in [1.807, 2.05) is 30.5 Å². The highest BCUT2D eigenvalue weighted by Gasteiger charge is 2.50. The molecule has 11 aromatic rings. The van der Waals surface area contributed by atoms with Gasteiger partial charge in [0.15, 0.2) is 8.07 Å². The second kappa shape index (κ2) is 14.3. The number of benzene rings is 8. The molecule has 0 amide bonds. The molecule has 0 radical (unpaired) electrons. The van der Waals surface area contributed by atoms with E-state index in [4.69, 9.17) is 14.7 Å². The van der Waals surface area contributed by atoms with Gasteiger partial charge in [-0.1, -0.05) is 146 Å². The van der Waals surface area contributed by atoms with Gasteiger partial charge in [0.1, 0.15) is 23.1 Å². The van der Waals surface area contributed by atoms with Crippen LogP contribution in [-0.4, -0.2) is 27.2 Å². The van der Waals surface area contributed by atoms with E-state index in [1.54, 1.807) is 0 Å². The van der Waals surface area contributed by atoms with Crippen molar-refractivity contribution in [1.82, 2.24) is 19.1 Å². The fourth-order valence-electron chi connectivity index (χ4n) is 9.88. The molecule has 7 heteroatoms. The number of nitrogens with zero attached hydrogens (tertiary/aromatic N) is 5. The fraction of sp³-hybridized carbons (Fsp3) is 0.0182. The first-order valence-electron chi connectivity index (χ1n) is 21.0. The van der Waals surface area contributed by atoms with E-state index in [0.29, 0.717) is 0 Å². The van der Waals surface area contributed by atoms with Crippen LogP contribution in [0.15, 0.2) is 219 Å². The van der Waals surface area contributed by atoms with Crippen molar-refractivity contribution in [3.05, 3.63) is 219 Å². The highest BCUT2D eigenvalue weighted by molar-refractivity contribution is 7.21. The normalized spacial score (nSPS) is 13.0. The molecule has 4 heterocycles. The number of imidazole rings is 1. The summed E-state index contributed by atoms with van der Waals surface area (Å²) in [6, 6.07) is 76.0. The zero-order chi connectivity index (χ0) is 41.2. The van der Waals surface area contributed by atoms with Gasteiger partial charge in [0.05, 0.1) is 33.4 Å². The zero-order valence-corrected chi connectivity index (χ0v) is 34.9. The van der Waals surface area contributed by atoms with Gasteiger partial charge < -0.3 is 13.9 Å². The van der Waals surface area contributed by atoms with E-state index < -0.39 is 8.07 Å². The molecule has 0 unspecified atom stereocenters. The first-order chi connectivity index (χ1) is 30.7. The van der Waals surface area contributed by atoms with Crippen molar-refractivity contribution in [3.63, 3.8) is 0 Å². The number of pyridine rings is 1. The summed E-state index contributed by atoms with van der Waals surface area (Å²) in [6.07, 6.45) is 1.89. The van der Waals surface area contributed by atoms with Crippen molar-refractivity contribution in [2.75, 3.05) is 4.90 Å². The molecule has 12 rings (SSSR count). The van der Waals surface area contributed by atoms with Crippen LogP contribution in [0, 0.1) is 0 Å². The minimum Gasteiger partial charge on any atom is -0.457 e. The lowest BCUT2D eigenvalue weighted by atomic mass is 10.1. The molecular weight excluding hydrogens is 775 g/mol. The highest BCUT2D eigenvalue weighted by Crippen LogP contribution is 2.46. The highest BCUT2D eigenvalue weighted by atomic mass is 28.3. The first kappa shape index (κ1) is 35.9. The Balaban J connectivity index is 1.16. The summed E-state index contributed by atoms with van der Waals surface area (Å²) in [7, 11) is -1.02. The van der Waals surface area contributed by atoms with Crippen LogP contribution in [0.4, 0.5) is 17.2 Å². The van der Waals surface area contributed by atoms with Crippen molar-refractivity contribution in [2.24, 2.45) is 7.05 Å². The summed E-state index contributed by atoms with van der Waals surface area (Å²) < 4.78 is 11.5. The predicted octanol–water partition coefficient (Wildman–Crippen LogP) is 10.7. The maximum atomic E-state index is 6.93. The van der Waals surface area contributed by atoms with Gasteiger partial charge in [0.2, 0.25) is 0 Å². The number of ether oxygens (including phenoxy) is 1. The van der Waals surface area contributed by atoms with Gasteiger partial charge >= 0.3 is 0 Å². The minimum atomic E-state index is -3.08. The van der Waals surface area contributed by atoms with Crippen molar-refractivity contribution in [2.45, 2.75) is 0 Å². The third-order valence-electron chi connectivity index (χ3n) is 12.5. The number of anilines is 3. The van der Waals surface area contributed by atoms with Crippen LogP contribution >= 0.6 is 0 Å². The Morgan fingerprint density at radius 2 is 1.18 bits per heavy atom. The summed E-state index contributed by atoms with van der Waals surface area (Å²) in [6.45, 7) is 0. The number of hydrogen-bond donors (Lipinski definition) is 0. The lowest BCUT2D eigenvalue weighted by molar-refractivity contribution is 0.483. The lowest BCUT2D eigenvalue weighted by Gasteiger charge is -2.45. The fourth-order valence-corrected chi connectivity index (χ4v) is 15.0. The number of aryl methyl sites for hydroxylation is 1. The second-order valence-corrected chi connectivity index (χ2v) is 19.6. The van der Waals surface area contributed by atoms with E-state index >= 15 is 0 Å². The molecule has 0 N–H and O–H groups in total. The van der Waals surface area contributed by atoms with Crippen LogP contribution in [0.25, 0.3) is 49.9 Å². The van der Waals surface area contributed by atoms with Gasteiger partial charge in [-0.25, -0.2) is 9.97 Å². The van der Waals surface area contributed by atoms with E-state index in [1.165, 1.54) is 31.5 Å².